The van der Waals surface area contributed by atoms with E-state index in [4.69, 9.17) is 23.2 Å². The minimum absolute atomic E-state index is 0.00187. The Kier molecular flexibility index (Phi) is 7.85. The van der Waals surface area contributed by atoms with Gasteiger partial charge >= 0.3 is 0 Å². The normalized spacial score (nSPS) is 16.4. The van der Waals surface area contributed by atoms with E-state index in [-0.39, 0.29) is 17.9 Å². The molecule has 1 atom stereocenters. The molecule has 1 aliphatic rings. The highest BCUT2D eigenvalue weighted by Gasteiger charge is 2.46. The van der Waals surface area contributed by atoms with Gasteiger partial charge in [-0.3, -0.25) is 9.59 Å². The lowest BCUT2D eigenvalue weighted by atomic mass is 10.0. The Labute approximate surface area is 221 Å². The van der Waals surface area contributed by atoms with Crippen molar-refractivity contribution in [3.8, 4) is 0 Å². The fourth-order valence-electron chi connectivity index (χ4n) is 4.24. The van der Waals surface area contributed by atoms with Gasteiger partial charge in [0, 0.05) is 16.6 Å². The molecule has 0 spiro atoms. The van der Waals surface area contributed by atoms with Gasteiger partial charge in [0.05, 0.1) is 17.0 Å². The maximum Gasteiger partial charge on any atom is 0.252 e. The van der Waals surface area contributed by atoms with Crippen molar-refractivity contribution in [2.75, 3.05) is 11.4 Å². The highest BCUT2D eigenvalue weighted by Crippen LogP contribution is 2.31. The first-order chi connectivity index (χ1) is 17.1. The molecule has 0 aliphatic carbocycles. The van der Waals surface area contributed by atoms with E-state index in [0.717, 1.165) is 20.3 Å². The van der Waals surface area contributed by atoms with Gasteiger partial charge in [0.1, 0.15) is 6.04 Å². The zero-order valence-corrected chi connectivity index (χ0v) is 22.2. The number of rotatable bonds is 8. The molecule has 1 aliphatic heterocycles. The van der Waals surface area contributed by atoms with Gasteiger partial charge in [-0.05, 0) is 72.0 Å². The van der Waals surface area contributed by atoms with E-state index in [2.05, 4.69) is 13.8 Å². The second kappa shape index (κ2) is 10.7. The number of benzene rings is 3. The second-order valence-corrected chi connectivity index (χ2v) is 11.7. The highest BCUT2D eigenvalue weighted by atomic mass is 35.5. The van der Waals surface area contributed by atoms with E-state index >= 15 is 0 Å². The number of carbonyl (C=O) groups is 2. The summed E-state index contributed by atoms with van der Waals surface area (Å²) >= 11 is 12.1. The Balaban J connectivity index is 1.68. The lowest BCUT2D eigenvalue weighted by Crippen LogP contribution is -2.46. The molecule has 1 saturated heterocycles. The Morgan fingerprint density at radius 2 is 1.61 bits per heavy atom. The van der Waals surface area contributed by atoms with Crippen LogP contribution >= 0.6 is 23.2 Å². The van der Waals surface area contributed by atoms with Crippen molar-refractivity contribution in [1.82, 2.24) is 4.31 Å². The van der Waals surface area contributed by atoms with Crippen molar-refractivity contribution in [1.29, 1.82) is 0 Å². The number of nitrogens with zero attached hydrogens (tertiary/aromatic N) is 2. The lowest BCUT2D eigenvalue weighted by Gasteiger charge is -2.27. The average Bonchev–Trinajstić information content (AvgIpc) is 3.13. The maximum absolute atomic E-state index is 13.7. The van der Waals surface area contributed by atoms with E-state index in [1.54, 1.807) is 30.3 Å². The fourth-order valence-corrected chi connectivity index (χ4v) is 6.16. The molecule has 6 nitrogen and oxygen atoms in total. The topological polar surface area (TPSA) is 74.8 Å². The third-order valence-electron chi connectivity index (χ3n) is 6.22. The third-order valence-corrected chi connectivity index (χ3v) is 8.63. The molecule has 1 unspecified atom stereocenters. The van der Waals surface area contributed by atoms with Crippen LogP contribution in [0.5, 0.6) is 0 Å². The number of imide groups is 1. The van der Waals surface area contributed by atoms with Crippen molar-refractivity contribution in [3.05, 3.63) is 94.0 Å². The number of amides is 2. The van der Waals surface area contributed by atoms with Crippen LogP contribution in [0.2, 0.25) is 10.0 Å². The van der Waals surface area contributed by atoms with Crippen LogP contribution in [0.1, 0.15) is 37.3 Å². The number of hydrogen-bond acceptors (Lipinski definition) is 4. The molecule has 1 fully saturated rings. The van der Waals surface area contributed by atoms with E-state index < -0.39 is 27.9 Å². The summed E-state index contributed by atoms with van der Waals surface area (Å²) in [5.74, 6) is -0.717. The van der Waals surface area contributed by atoms with Gasteiger partial charge in [-0.15, -0.1) is 0 Å². The minimum Gasteiger partial charge on any atom is -0.274 e. The lowest BCUT2D eigenvalue weighted by molar-refractivity contribution is -0.122. The summed E-state index contributed by atoms with van der Waals surface area (Å²) in [4.78, 5) is 27.6. The molecule has 0 bridgehead atoms. The first kappa shape index (κ1) is 26.4. The van der Waals surface area contributed by atoms with E-state index in [1.165, 1.54) is 24.3 Å². The Morgan fingerprint density at radius 1 is 0.944 bits per heavy atom. The summed E-state index contributed by atoms with van der Waals surface area (Å²) in [5, 5.41) is 0.922. The van der Waals surface area contributed by atoms with Crippen LogP contribution in [0.15, 0.2) is 77.7 Å². The smallest absolute Gasteiger partial charge is 0.252 e. The fraction of sp³-hybridized carbons (Fsp3) is 0.259. The average molecular weight is 545 g/mol. The number of hydrogen-bond donors (Lipinski definition) is 0. The Morgan fingerprint density at radius 3 is 2.22 bits per heavy atom. The first-order valence-electron chi connectivity index (χ1n) is 11.6. The van der Waals surface area contributed by atoms with Crippen molar-refractivity contribution >= 4 is 50.7 Å². The molecule has 0 saturated carbocycles. The largest absolute Gasteiger partial charge is 0.274 e. The van der Waals surface area contributed by atoms with Gasteiger partial charge in [0.25, 0.3) is 5.91 Å². The summed E-state index contributed by atoms with van der Waals surface area (Å²) in [7, 11) is -4.12. The monoisotopic (exact) mass is 544 g/mol. The zero-order valence-electron chi connectivity index (χ0n) is 19.9. The predicted molar refractivity (Wildman–Crippen MR) is 142 cm³/mol. The zero-order chi connectivity index (χ0) is 26.0. The molecular weight excluding hydrogens is 519 g/mol. The maximum atomic E-state index is 13.7. The van der Waals surface area contributed by atoms with E-state index in [0.29, 0.717) is 28.1 Å². The predicted octanol–water partition coefficient (Wildman–Crippen LogP) is 5.68. The summed E-state index contributed by atoms with van der Waals surface area (Å²) in [5.41, 5.74) is 2.31. The number of halogens is 2. The number of sulfonamides is 1. The molecule has 0 aromatic heterocycles. The molecule has 3 aromatic carbocycles. The molecule has 0 N–H and O–H groups in total. The van der Waals surface area contributed by atoms with E-state index in [1.807, 2.05) is 18.2 Å². The van der Waals surface area contributed by atoms with Crippen LogP contribution in [-0.4, -0.2) is 37.1 Å². The van der Waals surface area contributed by atoms with Crippen LogP contribution in [0.3, 0.4) is 0 Å². The summed E-state index contributed by atoms with van der Waals surface area (Å²) in [6.45, 7) is 4.10. The molecule has 188 valence electrons. The van der Waals surface area contributed by atoms with Crippen LogP contribution in [0.4, 0.5) is 5.69 Å². The molecule has 1 heterocycles. The van der Waals surface area contributed by atoms with Crippen molar-refractivity contribution in [2.24, 2.45) is 0 Å². The molecule has 3 aromatic rings. The first-order valence-corrected chi connectivity index (χ1v) is 13.8. The standard InChI is InChI=1S/C27H26Cl2N2O4S/c1-18(2)20-6-10-23(11-7-20)31-26(32)17-25(27(31)33)30(15-14-19-4-3-5-22(29)16-19)36(34,35)24-12-8-21(28)9-13-24/h3-13,16,18,25H,14-15,17H2,1-2H3. The van der Waals surface area contributed by atoms with E-state index in [9.17, 15) is 18.0 Å². The van der Waals surface area contributed by atoms with Gasteiger partial charge in [0.2, 0.25) is 15.9 Å². The van der Waals surface area contributed by atoms with Crippen LogP contribution in [0, 0.1) is 0 Å². The van der Waals surface area contributed by atoms with Gasteiger partial charge in [0.15, 0.2) is 0 Å². The summed E-state index contributed by atoms with van der Waals surface area (Å²) < 4.78 is 28.5. The highest BCUT2D eigenvalue weighted by molar-refractivity contribution is 7.89. The molecule has 4 rings (SSSR count). The van der Waals surface area contributed by atoms with Crippen molar-refractivity contribution in [2.45, 2.75) is 43.5 Å². The third kappa shape index (κ3) is 5.49. The SMILES string of the molecule is CC(C)c1ccc(N2C(=O)CC(N(CCc3cccc(Cl)c3)S(=O)(=O)c3ccc(Cl)cc3)C2=O)cc1. The molecule has 0 radical (unpaired) electrons. The Hall–Kier alpha value is -2.71. The second-order valence-electron chi connectivity index (χ2n) is 8.98. The van der Waals surface area contributed by atoms with Gasteiger partial charge in [-0.1, -0.05) is 61.3 Å². The van der Waals surface area contributed by atoms with Gasteiger partial charge < -0.3 is 0 Å². The minimum atomic E-state index is -4.12. The molecule has 9 heteroatoms. The Bertz CT molecular complexity index is 1370. The summed E-state index contributed by atoms with van der Waals surface area (Å²) in [6, 6.07) is 18.9. The quantitative estimate of drug-likeness (QED) is 0.342. The molecular formula is C27H26Cl2N2O4S. The van der Waals surface area contributed by atoms with Crippen LogP contribution in [-0.2, 0) is 26.0 Å². The van der Waals surface area contributed by atoms with Crippen molar-refractivity contribution < 1.29 is 18.0 Å². The number of carbonyl (C=O) groups excluding carboxylic acids is 2. The van der Waals surface area contributed by atoms with Crippen molar-refractivity contribution in [3.63, 3.8) is 0 Å². The molecule has 36 heavy (non-hydrogen) atoms. The van der Waals surface area contributed by atoms with Crippen LogP contribution < -0.4 is 4.90 Å². The summed E-state index contributed by atoms with van der Waals surface area (Å²) in [6.07, 6.45) is 0.0710. The van der Waals surface area contributed by atoms with Gasteiger partial charge in [-0.25, -0.2) is 13.3 Å². The molecule has 2 amide bonds. The van der Waals surface area contributed by atoms with Crippen LogP contribution in [0.25, 0.3) is 0 Å². The van der Waals surface area contributed by atoms with Gasteiger partial charge in [-0.2, -0.15) is 4.31 Å². The number of anilines is 1.